The van der Waals surface area contributed by atoms with Crippen LogP contribution in [-0.4, -0.2) is 48.5 Å². The summed E-state index contributed by atoms with van der Waals surface area (Å²) >= 11 is 6.01. The van der Waals surface area contributed by atoms with Gasteiger partial charge in [0.15, 0.2) is 0 Å². The normalized spacial score (nSPS) is 12.1. The van der Waals surface area contributed by atoms with Crippen molar-refractivity contribution >= 4 is 23.2 Å². The minimum atomic E-state index is -0.881. The van der Waals surface area contributed by atoms with Gasteiger partial charge in [-0.05, 0) is 13.8 Å². The minimum Gasteiger partial charge on any atom is -0.394 e. The third kappa shape index (κ3) is 2.12. The van der Waals surface area contributed by atoms with Crippen molar-refractivity contribution in [3.05, 3.63) is 17.0 Å². The summed E-state index contributed by atoms with van der Waals surface area (Å²) in [5.41, 5.74) is -0.211. The summed E-state index contributed by atoms with van der Waals surface area (Å²) < 4.78 is 1.48. The minimum absolute atomic E-state index is 0.237. The van der Waals surface area contributed by atoms with E-state index in [1.54, 1.807) is 13.8 Å². The lowest BCUT2D eigenvalue weighted by Gasteiger charge is -2.28. The summed E-state index contributed by atoms with van der Waals surface area (Å²) in [6.07, 6.45) is 1.36. The Morgan fingerprint density at radius 1 is 1.44 bits per heavy atom. The first kappa shape index (κ1) is 13.0. The van der Waals surface area contributed by atoms with Crippen LogP contribution >= 0.6 is 11.6 Å². The van der Waals surface area contributed by atoms with Crippen LogP contribution in [0.25, 0.3) is 5.78 Å². The number of hydrogen-bond acceptors (Lipinski definition) is 6. The van der Waals surface area contributed by atoms with E-state index in [9.17, 15) is 10.2 Å². The Labute approximate surface area is 108 Å². The van der Waals surface area contributed by atoms with Crippen molar-refractivity contribution in [1.82, 2.24) is 19.6 Å². The number of aliphatic hydroxyl groups excluding tert-OH is 2. The molecule has 0 atom stereocenters. The molecule has 3 N–H and O–H groups in total. The van der Waals surface area contributed by atoms with Gasteiger partial charge in [-0.2, -0.15) is 19.6 Å². The lowest BCUT2D eigenvalue weighted by atomic mass is 10.1. The van der Waals surface area contributed by atoms with Gasteiger partial charge in [-0.1, -0.05) is 11.6 Å². The zero-order chi connectivity index (χ0) is 13.3. The Hall–Kier alpha value is -1.44. The second-order valence-corrected chi connectivity index (χ2v) is 4.71. The summed E-state index contributed by atoms with van der Waals surface area (Å²) in [7, 11) is 0. The first-order valence-electron chi connectivity index (χ1n) is 5.36. The zero-order valence-corrected chi connectivity index (χ0v) is 10.8. The number of aliphatic hydroxyl groups is 2. The molecule has 0 saturated carbocycles. The Balaban J connectivity index is 2.55. The molecule has 8 heteroatoms. The quantitative estimate of drug-likeness (QED) is 0.690. The molecule has 2 aromatic heterocycles. The van der Waals surface area contributed by atoms with Crippen molar-refractivity contribution in [2.24, 2.45) is 0 Å². The molecule has 7 nitrogen and oxygen atoms in total. The van der Waals surface area contributed by atoms with Gasteiger partial charge in [0.25, 0.3) is 5.78 Å². The molecular weight excluding hydrogens is 258 g/mol. The highest BCUT2D eigenvalue weighted by atomic mass is 35.5. The molecule has 0 aromatic carbocycles. The molecule has 0 bridgehead atoms. The number of anilines is 1. The van der Waals surface area contributed by atoms with Crippen molar-refractivity contribution < 1.29 is 10.2 Å². The molecule has 2 heterocycles. The molecule has 0 aliphatic carbocycles. The highest BCUT2D eigenvalue weighted by molar-refractivity contribution is 6.30. The van der Waals surface area contributed by atoms with Crippen molar-refractivity contribution in [3.63, 3.8) is 0 Å². The van der Waals surface area contributed by atoms with E-state index >= 15 is 0 Å². The highest BCUT2D eigenvalue weighted by Crippen LogP contribution is 2.24. The van der Waals surface area contributed by atoms with Gasteiger partial charge in [-0.3, -0.25) is 0 Å². The first-order chi connectivity index (χ1) is 8.50. The maximum absolute atomic E-state index is 9.31. The molecule has 0 spiro atoms. The Kier molecular flexibility index (Phi) is 3.38. The molecule has 2 aromatic rings. The standard InChI is InChI=1S/C10H14ClN5O2/c1-6-7(11)14-9-12-5-13-16(9)8(6)15-10(2,3-17)4-18/h5,15,17-18H,3-4H2,1-2H3. The topological polar surface area (TPSA) is 95.6 Å². The summed E-state index contributed by atoms with van der Waals surface area (Å²) in [6.45, 7) is 2.98. The fourth-order valence-electron chi connectivity index (χ4n) is 1.46. The SMILES string of the molecule is Cc1c(Cl)nc2ncnn2c1NC(C)(CO)CO. The van der Waals surface area contributed by atoms with Gasteiger partial charge in [0.1, 0.15) is 17.3 Å². The van der Waals surface area contributed by atoms with Crippen molar-refractivity contribution in [2.45, 2.75) is 19.4 Å². The third-order valence-corrected chi connectivity index (χ3v) is 3.09. The van der Waals surface area contributed by atoms with Crippen molar-refractivity contribution in [2.75, 3.05) is 18.5 Å². The van der Waals surface area contributed by atoms with Gasteiger partial charge in [-0.15, -0.1) is 0 Å². The van der Waals surface area contributed by atoms with Crippen LogP contribution < -0.4 is 5.32 Å². The molecule has 98 valence electrons. The predicted octanol–water partition coefficient (Wildman–Crippen LogP) is 0.241. The first-order valence-corrected chi connectivity index (χ1v) is 5.74. The molecule has 0 radical (unpaired) electrons. The van der Waals surface area contributed by atoms with Crippen LogP contribution in [0.1, 0.15) is 12.5 Å². The van der Waals surface area contributed by atoms with Crippen LogP contribution in [0.5, 0.6) is 0 Å². The molecule has 0 aliphatic rings. The highest BCUT2D eigenvalue weighted by Gasteiger charge is 2.25. The van der Waals surface area contributed by atoms with Gasteiger partial charge in [0.05, 0.1) is 18.8 Å². The fourth-order valence-corrected chi connectivity index (χ4v) is 1.62. The summed E-state index contributed by atoms with van der Waals surface area (Å²) in [5.74, 6) is 0.902. The van der Waals surface area contributed by atoms with Gasteiger partial charge in [-0.25, -0.2) is 0 Å². The van der Waals surface area contributed by atoms with Crippen LogP contribution in [0, 0.1) is 6.92 Å². The monoisotopic (exact) mass is 271 g/mol. The number of hydrogen-bond donors (Lipinski definition) is 3. The molecule has 18 heavy (non-hydrogen) atoms. The lowest BCUT2D eigenvalue weighted by molar-refractivity contribution is 0.147. The maximum Gasteiger partial charge on any atom is 0.255 e. The number of nitrogens with zero attached hydrogens (tertiary/aromatic N) is 4. The average Bonchev–Trinajstić information content (AvgIpc) is 2.82. The predicted molar refractivity (Wildman–Crippen MR) is 66.7 cm³/mol. The van der Waals surface area contributed by atoms with Crippen molar-refractivity contribution in [1.29, 1.82) is 0 Å². The van der Waals surface area contributed by atoms with Crippen LogP contribution in [0.4, 0.5) is 5.82 Å². The van der Waals surface area contributed by atoms with E-state index in [1.165, 1.54) is 10.8 Å². The molecule has 0 aliphatic heterocycles. The number of rotatable bonds is 4. The molecule has 0 amide bonds. The molecule has 0 saturated heterocycles. The third-order valence-electron chi connectivity index (χ3n) is 2.72. The number of fused-ring (bicyclic) bond motifs is 1. The largest absolute Gasteiger partial charge is 0.394 e. The van der Waals surface area contributed by atoms with E-state index < -0.39 is 5.54 Å². The van der Waals surface area contributed by atoms with Gasteiger partial charge in [0.2, 0.25) is 0 Å². The summed E-state index contributed by atoms with van der Waals surface area (Å²) in [5, 5.41) is 26.0. The number of nitrogens with one attached hydrogen (secondary N) is 1. The van der Waals surface area contributed by atoms with E-state index in [2.05, 4.69) is 20.4 Å². The van der Waals surface area contributed by atoms with E-state index in [-0.39, 0.29) is 13.2 Å². The molecular formula is C10H14ClN5O2. The fraction of sp³-hybridized carbons (Fsp3) is 0.500. The molecule has 2 rings (SSSR count). The second-order valence-electron chi connectivity index (χ2n) is 4.35. The van der Waals surface area contributed by atoms with Crippen LogP contribution in [0.15, 0.2) is 6.33 Å². The number of aromatic nitrogens is 4. The lowest BCUT2D eigenvalue weighted by Crippen LogP contribution is -2.43. The van der Waals surface area contributed by atoms with Crippen molar-refractivity contribution in [3.8, 4) is 0 Å². The Bertz CT molecular complexity index is 567. The summed E-state index contributed by atoms with van der Waals surface area (Å²) in [6, 6.07) is 0. The van der Waals surface area contributed by atoms with E-state index in [1.807, 2.05) is 0 Å². The maximum atomic E-state index is 9.31. The average molecular weight is 272 g/mol. The smallest absolute Gasteiger partial charge is 0.255 e. The second kappa shape index (κ2) is 4.68. The summed E-state index contributed by atoms with van der Waals surface area (Å²) in [4.78, 5) is 8.02. The molecule has 0 fully saturated rings. The Morgan fingerprint density at radius 2 is 2.11 bits per heavy atom. The zero-order valence-electron chi connectivity index (χ0n) is 10.1. The number of halogens is 1. The Morgan fingerprint density at radius 3 is 2.72 bits per heavy atom. The van der Waals surface area contributed by atoms with E-state index in [0.29, 0.717) is 22.3 Å². The van der Waals surface area contributed by atoms with Crippen LogP contribution in [0.3, 0.4) is 0 Å². The molecule has 0 unspecified atom stereocenters. The van der Waals surface area contributed by atoms with E-state index in [0.717, 1.165) is 0 Å². The van der Waals surface area contributed by atoms with Gasteiger partial charge in [0, 0.05) is 5.56 Å². The van der Waals surface area contributed by atoms with E-state index in [4.69, 9.17) is 11.6 Å². The van der Waals surface area contributed by atoms with Gasteiger partial charge < -0.3 is 15.5 Å². The van der Waals surface area contributed by atoms with Crippen LogP contribution in [-0.2, 0) is 0 Å². The van der Waals surface area contributed by atoms with Crippen LogP contribution in [0.2, 0.25) is 5.15 Å². The van der Waals surface area contributed by atoms with Gasteiger partial charge >= 0.3 is 0 Å².